The minimum absolute atomic E-state index is 0.0321. The van der Waals surface area contributed by atoms with Gasteiger partial charge in [0, 0.05) is 24.2 Å². The van der Waals surface area contributed by atoms with Crippen LogP contribution in [-0.4, -0.2) is 37.5 Å². The molecule has 1 unspecified atom stereocenters. The van der Waals surface area contributed by atoms with E-state index in [4.69, 9.17) is 5.11 Å². The molecule has 0 saturated carbocycles. The lowest BCUT2D eigenvalue weighted by molar-refractivity contribution is 0.166. The average Bonchev–Trinajstić information content (AvgIpc) is 2.43. The van der Waals surface area contributed by atoms with Crippen molar-refractivity contribution in [2.75, 3.05) is 24.4 Å². The van der Waals surface area contributed by atoms with Gasteiger partial charge in [0.05, 0.1) is 5.69 Å². The Hall–Kier alpha value is -0.700. The van der Waals surface area contributed by atoms with Gasteiger partial charge < -0.3 is 5.11 Å². The van der Waals surface area contributed by atoms with Crippen molar-refractivity contribution in [2.24, 2.45) is 5.92 Å². The second-order valence-corrected chi connectivity index (χ2v) is 7.31. The smallest absolute Gasteiger partial charge is 0.301 e. The lowest BCUT2D eigenvalue weighted by Crippen LogP contribution is -2.43. The zero-order valence-corrected chi connectivity index (χ0v) is 13.1. The molecule has 20 heavy (non-hydrogen) atoms. The van der Waals surface area contributed by atoms with Gasteiger partial charge in [-0.3, -0.25) is 4.72 Å². The standard InChI is InChI=1S/C12H16BrFN2O3S/c13-11-4-3-10(14)6-12(11)15-20(18,19)16-5-1-2-9(7-16)8-17/h3-4,6,9,15,17H,1-2,5,7-8H2. The molecule has 0 amide bonds. The summed E-state index contributed by atoms with van der Waals surface area (Å²) in [6, 6.07) is 3.81. The summed E-state index contributed by atoms with van der Waals surface area (Å²) in [6.45, 7) is 0.646. The molecule has 0 radical (unpaired) electrons. The fourth-order valence-corrected chi connectivity index (χ4v) is 4.00. The van der Waals surface area contributed by atoms with E-state index in [0.29, 0.717) is 17.4 Å². The van der Waals surface area contributed by atoms with E-state index < -0.39 is 16.0 Å². The second-order valence-electron chi connectivity index (χ2n) is 4.78. The highest BCUT2D eigenvalue weighted by atomic mass is 79.9. The Balaban J connectivity index is 2.16. The molecular formula is C12H16BrFN2O3S. The van der Waals surface area contributed by atoms with E-state index in [1.807, 2.05) is 0 Å². The molecule has 1 aromatic rings. The number of hydrogen-bond acceptors (Lipinski definition) is 3. The molecule has 1 aromatic carbocycles. The molecule has 1 atom stereocenters. The van der Waals surface area contributed by atoms with Crippen molar-refractivity contribution >= 4 is 31.8 Å². The van der Waals surface area contributed by atoms with Crippen LogP contribution in [0.5, 0.6) is 0 Å². The van der Waals surface area contributed by atoms with Crippen LogP contribution in [0.3, 0.4) is 0 Å². The fourth-order valence-electron chi connectivity index (χ4n) is 2.17. The molecule has 5 nitrogen and oxygen atoms in total. The number of benzene rings is 1. The first-order chi connectivity index (χ1) is 9.42. The summed E-state index contributed by atoms with van der Waals surface area (Å²) in [5, 5.41) is 9.15. The van der Waals surface area contributed by atoms with E-state index in [2.05, 4.69) is 20.7 Å². The number of piperidine rings is 1. The maximum Gasteiger partial charge on any atom is 0.301 e. The van der Waals surface area contributed by atoms with Crippen molar-refractivity contribution in [1.82, 2.24) is 4.31 Å². The maximum absolute atomic E-state index is 13.2. The van der Waals surface area contributed by atoms with Crippen LogP contribution in [-0.2, 0) is 10.2 Å². The Morgan fingerprint density at radius 3 is 2.95 bits per heavy atom. The first-order valence-corrected chi connectivity index (χ1v) is 8.49. The summed E-state index contributed by atoms with van der Waals surface area (Å²) in [5.41, 5.74) is 0.163. The molecule has 2 N–H and O–H groups in total. The highest BCUT2D eigenvalue weighted by Gasteiger charge is 2.29. The third-order valence-corrected chi connectivity index (χ3v) is 5.43. The van der Waals surface area contributed by atoms with Crippen molar-refractivity contribution in [3.63, 3.8) is 0 Å². The fraction of sp³-hybridized carbons (Fsp3) is 0.500. The van der Waals surface area contributed by atoms with Gasteiger partial charge in [0.2, 0.25) is 0 Å². The van der Waals surface area contributed by atoms with Crippen LogP contribution in [0.15, 0.2) is 22.7 Å². The average molecular weight is 367 g/mol. The number of rotatable bonds is 4. The number of nitrogens with one attached hydrogen (secondary N) is 1. The maximum atomic E-state index is 13.2. The zero-order valence-electron chi connectivity index (χ0n) is 10.7. The predicted octanol–water partition coefficient (Wildman–Crippen LogP) is 1.95. The zero-order chi connectivity index (χ0) is 14.8. The van der Waals surface area contributed by atoms with Crippen LogP contribution in [0.2, 0.25) is 0 Å². The molecule has 0 aliphatic carbocycles. The van der Waals surface area contributed by atoms with E-state index in [0.717, 1.165) is 12.5 Å². The Labute approximate surface area is 126 Å². The minimum Gasteiger partial charge on any atom is -0.396 e. The molecule has 0 bridgehead atoms. The van der Waals surface area contributed by atoms with Crippen LogP contribution in [0.25, 0.3) is 0 Å². The number of nitrogens with zero attached hydrogens (tertiary/aromatic N) is 1. The number of halogens is 2. The van der Waals surface area contributed by atoms with Crippen LogP contribution >= 0.6 is 15.9 Å². The quantitative estimate of drug-likeness (QED) is 0.855. The molecule has 2 rings (SSSR count). The summed E-state index contributed by atoms with van der Waals surface area (Å²) in [4.78, 5) is 0. The van der Waals surface area contributed by atoms with E-state index in [9.17, 15) is 12.8 Å². The third-order valence-electron chi connectivity index (χ3n) is 3.25. The summed E-state index contributed by atoms with van der Waals surface area (Å²) in [5.74, 6) is -0.561. The molecule has 1 aliphatic rings. The van der Waals surface area contributed by atoms with Gasteiger partial charge in [-0.15, -0.1) is 0 Å². The summed E-state index contributed by atoms with van der Waals surface area (Å²) >= 11 is 3.18. The van der Waals surface area contributed by atoms with Crippen LogP contribution < -0.4 is 4.72 Å². The SMILES string of the molecule is O=S(=O)(Nc1cc(F)ccc1Br)N1CCCC(CO)C1. The Morgan fingerprint density at radius 1 is 1.50 bits per heavy atom. The van der Waals surface area contributed by atoms with Crippen molar-refractivity contribution in [2.45, 2.75) is 12.8 Å². The monoisotopic (exact) mass is 366 g/mol. The van der Waals surface area contributed by atoms with Gasteiger partial charge >= 0.3 is 10.2 Å². The topological polar surface area (TPSA) is 69.6 Å². The third kappa shape index (κ3) is 3.69. The molecular weight excluding hydrogens is 351 g/mol. The lowest BCUT2D eigenvalue weighted by Gasteiger charge is -2.31. The highest BCUT2D eigenvalue weighted by molar-refractivity contribution is 9.10. The van der Waals surface area contributed by atoms with Gasteiger partial charge in [-0.2, -0.15) is 12.7 Å². The molecule has 0 aromatic heterocycles. The highest BCUT2D eigenvalue weighted by Crippen LogP contribution is 2.26. The molecule has 1 fully saturated rings. The molecule has 1 heterocycles. The normalized spacial score (nSPS) is 20.9. The van der Waals surface area contributed by atoms with Crippen molar-refractivity contribution < 1.29 is 17.9 Å². The number of hydrogen-bond donors (Lipinski definition) is 2. The lowest BCUT2D eigenvalue weighted by atomic mass is 10.0. The van der Waals surface area contributed by atoms with Crippen LogP contribution in [0.1, 0.15) is 12.8 Å². The van der Waals surface area contributed by atoms with Crippen molar-refractivity contribution in [3.05, 3.63) is 28.5 Å². The minimum atomic E-state index is -3.74. The number of aliphatic hydroxyl groups is 1. The van der Waals surface area contributed by atoms with Crippen LogP contribution in [0.4, 0.5) is 10.1 Å². The van der Waals surface area contributed by atoms with E-state index in [1.165, 1.54) is 16.4 Å². The summed E-state index contributed by atoms with van der Waals surface area (Å²) in [7, 11) is -3.74. The van der Waals surface area contributed by atoms with Crippen molar-refractivity contribution in [3.8, 4) is 0 Å². The number of anilines is 1. The van der Waals surface area contributed by atoms with E-state index >= 15 is 0 Å². The molecule has 8 heteroatoms. The molecule has 1 aliphatic heterocycles. The van der Waals surface area contributed by atoms with Gasteiger partial charge in [0.25, 0.3) is 0 Å². The first kappa shape index (κ1) is 15.7. The number of aliphatic hydroxyl groups excluding tert-OH is 1. The largest absolute Gasteiger partial charge is 0.396 e. The summed E-state index contributed by atoms with van der Waals surface area (Å²) < 4.78 is 41.8. The van der Waals surface area contributed by atoms with E-state index in [-0.39, 0.29) is 24.8 Å². The molecule has 0 spiro atoms. The molecule has 1 saturated heterocycles. The van der Waals surface area contributed by atoms with Gasteiger partial charge in [-0.25, -0.2) is 4.39 Å². The van der Waals surface area contributed by atoms with Gasteiger partial charge in [-0.1, -0.05) is 0 Å². The van der Waals surface area contributed by atoms with Crippen LogP contribution in [0, 0.1) is 11.7 Å². The Kier molecular flexibility index (Phi) is 5.00. The van der Waals surface area contributed by atoms with Gasteiger partial charge in [0.15, 0.2) is 0 Å². The Morgan fingerprint density at radius 2 is 2.25 bits per heavy atom. The predicted molar refractivity (Wildman–Crippen MR) is 78.0 cm³/mol. The second kappa shape index (κ2) is 6.38. The van der Waals surface area contributed by atoms with Gasteiger partial charge in [-0.05, 0) is 52.9 Å². The van der Waals surface area contributed by atoms with E-state index in [1.54, 1.807) is 0 Å². The first-order valence-electron chi connectivity index (χ1n) is 6.26. The summed E-state index contributed by atoms with van der Waals surface area (Å²) in [6.07, 6.45) is 1.52. The Bertz CT molecular complexity index is 582. The van der Waals surface area contributed by atoms with Gasteiger partial charge in [0.1, 0.15) is 5.82 Å². The molecule has 112 valence electrons. The van der Waals surface area contributed by atoms with Crippen molar-refractivity contribution in [1.29, 1.82) is 0 Å².